The van der Waals surface area contributed by atoms with Crippen molar-refractivity contribution in [1.82, 2.24) is 0 Å². The minimum absolute atomic E-state index is 0.438. The predicted octanol–water partition coefficient (Wildman–Crippen LogP) is 0.856. The zero-order valence-corrected chi connectivity index (χ0v) is 11.7. The molecule has 0 radical (unpaired) electrons. The van der Waals surface area contributed by atoms with Crippen molar-refractivity contribution in [3.05, 3.63) is 48.5 Å². The van der Waals surface area contributed by atoms with E-state index >= 15 is 0 Å². The van der Waals surface area contributed by atoms with Crippen LogP contribution in [0.5, 0.6) is 0 Å². The van der Waals surface area contributed by atoms with Crippen molar-refractivity contribution in [3.8, 4) is 0 Å². The number of hydrogen-bond acceptors (Lipinski definition) is 7. The highest BCUT2D eigenvalue weighted by molar-refractivity contribution is 6.07. The predicted molar refractivity (Wildman–Crippen MR) is 86.2 cm³/mol. The third kappa shape index (κ3) is 1.73. The van der Waals surface area contributed by atoms with Crippen LogP contribution in [0.25, 0.3) is 0 Å². The minimum atomic E-state index is -1.49. The third-order valence-corrected chi connectivity index (χ3v) is 3.90. The van der Waals surface area contributed by atoms with Crippen LogP contribution >= 0.6 is 0 Å². The van der Waals surface area contributed by atoms with Gasteiger partial charge in [-0.2, -0.15) is 0 Å². The van der Waals surface area contributed by atoms with E-state index in [2.05, 4.69) is 21.3 Å². The molecule has 0 saturated carbocycles. The number of ketones is 1. The molecule has 2 aromatic rings. The highest BCUT2D eigenvalue weighted by atomic mass is 16.1. The molecule has 0 saturated heterocycles. The molecule has 112 valence electrons. The Hall–Kier alpha value is -2.77. The van der Waals surface area contributed by atoms with Gasteiger partial charge in [-0.25, -0.2) is 0 Å². The molecule has 2 aromatic carbocycles. The minimum Gasteiger partial charge on any atom is -0.342 e. The van der Waals surface area contributed by atoms with E-state index in [4.69, 9.17) is 11.5 Å². The van der Waals surface area contributed by atoms with Crippen LogP contribution in [0, 0.1) is 0 Å². The Balaban J connectivity index is 1.64. The average Bonchev–Trinajstić information content (AvgIpc) is 3.03. The lowest BCUT2D eigenvalue weighted by molar-refractivity contribution is -0.125. The van der Waals surface area contributed by atoms with Gasteiger partial charge in [0.25, 0.3) is 5.78 Å². The smallest absolute Gasteiger partial charge is 0.254 e. The largest absolute Gasteiger partial charge is 0.342 e. The second-order valence-electron chi connectivity index (χ2n) is 5.54. The molecule has 22 heavy (non-hydrogen) atoms. The fourth-order valence-electron chi connectivity index (χ4n) is 2.85. The molecular formula is C15H16N6O. The summed E-state index contributed by atoms with van der Waals surface area (Å²) in [6, 6.07) is 14.8. The third-order valence-electron chi connectivity index (χ3n) is 3.90. The van der Waals surface area contributed by atoms with E-state index in [1.165, 1.54) is 0 Å². The molecule has 0 unspecified atom stereocenters. The average molecular weight is 296 g/mol. The van der Waals surface area contributed by atoms with E-state index in [9.17, 15) is 4.79 Å². The van der Waals surface area contributed by atoms with Crippen LogP contribution in [0.4, 0.5) is 22.7 Å². The Morgan fingerprint density at radius 3 is 1.23 bits per heavy atom. The van der Waals surface area contributed by atoms with Crippen molar-refractivity contribution in [2.24, 2.45) is 11.5 Å². The molecule has 2 aliphatic heterocycles. The Bertz CT molecular complexity index is 661. The lowest BCUT2D eigenvalue weighted by Crippen LogP contribution is -2.72. The molecular weight excluding hydrogens is 280 g/mol. The lowest BCUT2D eigenvalue weighted by Gasteiger charge is -2.33. The highest BCUT2D eigenvalue weighted by Gasteiger charge is 2.52. The number of hydrogen-bond donors (Lipinski definition) is 6. The first kappa shape index (κ1) is 12.9. The van der Waals surface area contributed by atoms with Crippen LogP contribution in [0.15, 0.2) is 48.5 Å². The molecule has 0 aromatic heterocycles. The summed E-state index contributed by atoms with van der Waals surface area (Å²) < 4.78 is 0. The van der Waals surface area contributed by atoms with E-state index in [1.807, 2.05) is 48.5 Å². The number of para-hydroxylation sites is 4. The van der Waals surface area contributed by atoms with Gasteiger partial charge < -0.3 is 21.3 Å². The standard InChI is InChI=1S/C15H16N6O/c16-14(18-9-5-1-2-6-10(9)19-14)13(22)15(17)20-11-7-3-4-8-12(11)21-15/h1-8,18-21H,16-17H2. The maximum atomic E-state index is 12.9. The summed E-state index contributed by atoms with van der Waals surface area (Å²) in [5.41, 5.74) is 15.5. The van der Waals surface area contributed by atoms with Crippen LogP contribution in [0.3, 0.4) is 0 Å². The molecule has 0 bridgehead atoms. The molecule has 0 fully saturated rings. The van der Waals surface area contributed by atoms with Crippen LogP contribution in [-0.4, -0.2) is 17.4 Å². The second-order valence-corrected chi connectivity index (χ2v) is 5.54. The van der Waals surface area contributed by atoms with Gasteiger partial charge in [-0.15, -0.1) is 0 Å². The number of nitrogens with two attached hydrogens (primary N) is 2. The molecule has 2 heterocycles. The number of carbonyl (C=O) groups excluding carboxylic acids is 1. The molecule has 2 aliphatic rings. The Labute approximate surface area is 127 Å². The van der Waals surface area contributed by atoms with E-state index in [0.717, 1.165) is 22.7 Å². The molecule has 8 N–H and O–H groups in total. The van der Waals surface area contributed by atoms with Gasteiger partial charge in [-0.1, -0.05) is 24.3 Å². The van der Waals surface area contributed by atoms with Crippen molar-refractivity contribution < 1.29 is 4.79 Å². The molecule has 7 nitrogen and oxygen atoms in total. The van der Waals surface area contributed by atoms with Gasteiger partial charge in [0.05, 0.1) is 22.7 Å². The maximum absolute atomic E-state index is 12.9. The van der Waals surface area contributed by atoms with Gasteiger partial charge in [0.1, 0.15) is 0 Å². The summed E-state index contributed by atoms with van der Waals surface area (Å²) in [4.78, 5) is 12.9. The van der Waals surface area contributed by atoms with Gasteiger partial charge in [-0.05, 0) is 24.3 Å². The molecule has 7 heteroatoms. The summed E-state index contributed by atoms with van der Waals surface area (Å²) in [7, 11) is 0. The fourth-order valence-corrected chi connectivity index (χ4v) is 2.85. The zero-order chi connectivity index (χ0) is 15.4. The summed E-state index contributed by atoms with van der Waals surface area (Å²) in [6.07, 6.45) is 0. The number of anilines is 4. The summed E-state index contributed by atoms with van der Waals surface area (Å²) in [6.45, 7) is 0. The van der Waals surface area contributed by atoms with Crippen LogP contribution in [-0.2, 0) is 4.79 Å². The van der Waals surface area contributed by atoms with E-state index in [-0.39, 0.29) is 0 Å². The maximum Gasteiger partial charge on any atom is 0.254 e. The number of Topliss-reactive ketones (excluding diaryl/α,β-unsaturated/α-hetero) is 1. The van der Waals surface area contributed by atoms with E-state index in [1.54, 1.807) is 0 Å². The number of benzene rings is 2. The van der Waals surface area contributed by atoms with Gasteiger partial charge in [0, 0.05) is 0 Å². The summed E-state index contributed by atoms with van der Waals surface area (Å²) >= 11 is 0. The van der Waals surface area contributed by atoms with Crippen molar-refractivity contribution in [2.75, 3.05) is 21.3 Å². The Morgan fingerprint density at radius 1 is 0.682 bits per heavy atom. The van der Waals surface area contributed by atoms with Gasteiger partial charge in [0.15, 0.2) is 0 Å². The van der Waals surface area contributed by atoms with Crippen molar-refractivity contribution in [3.63, 3.8) is 0 Å². The molecule has 0 spiro atoms. The molecule has 0 amide bonds. The Morgan fingerprint density at radius 2 is 0.955 bits per heavy atom. The monoisotopic (exact) mass is 296 g/mol. The number of fused-ring (bicyclic) bond motifs is 2. The van der Waals surface area contributed by atoms with Crippen molar-refractivity contribution in [1.29, 1.82) is 0 Å². The number of rotatable bonds is 2. The molecule has 0 atom stereocenters. The van der Waals surface area contributed by atoms with Crippen molar-refractivity contribution >= 4 is 28.5 Å². The summed E-state index contributed by atoms with van der Waals surface area (Å²) in [5.74, 6) is -3.41. The first-order valence-corrected chi connectivity index (χ1v) is 6.94. The van der Waals surface area contributed by atoms with Gasteiger partial charge >= 0.3 is 0 Å². The SMILES string of the molecule is NC1(C(=O)C2(N)Nc3ccccc3N2)Nc2ccccc2N1. The summed E-state index contributed by atoms with van der Waals surface area (Å²) in [5, 5.41) is 12.0. The zero-order valence-electron chi connectivity index (χ0n) is 11.7. The quantitative estimate of drug-likeness (QED) is 0.486. The van der Waals surface area contributed by atoms with Crippen LogP contribution < -0.4 is 32.7 Å². The van der Waals surface area contributed by atoms with Gasteiger partial charge in [-0.3, -0.25) is 16.3 Å². The van der Waals surface area contributed by atoms with E-state index in [0.29, 0.717) is 0 Å². The first-order valence-electron chi connectivity index (χ1n) is 6.94. The Kier molecular flexibility index (Phi) is 2.42. The van der Waals surface area contributed by atoms with Crippen LogP contribution in [0.2, 0.25) is 0 Å². The normalized spacial score (nSPS) is 19.0. The topological polar surface area (TPSA) is 117 Å². The van der Waals surface area contributed by atoms with E-state index < -0.39 is 17.4 Å². The van der Waals surface area contributed by atoms with Crippen LogP contribution in [0.1, 0.15) is 0 Å². The number of nitrogens with one attached hydrogen (secondary N) is 4. The molecule has 0 aliphatic carbocycles. The highest BCUT2D eigenvalue weighted by Crippen LogP contribution is 2.36. The second kappa shape index (κ2) is 4.12. The lowest BCUT2D eigenvalue weighted by atomic mass is 10.1. The fraction of sp³-hybridized carbons (Fsp3) is 0.133. The molecule has 4 rings (SSSR count). The van der Waals surface area contributed by atoms with Gasteiger partial charge in [0.2, 0.25) is 11.6 Å². The first-order chi connectivity index (χ1) is 10.5. The number of carbonyl (C=O) groups is 1. The van der Waals surface area contributed by atoms with Crippen molar-refractivity contribution in [2.45, 2.75) is 11.6 Å².